The van der Waals surface area contributed by atoms with Crippen LogP contribution in [0.2, 0.25) is 10.0 Å². The molecule has 6 heterocycles. The van der Waals surface area contributed by atoms with Crippen molar-refractivity contribution in [1.29, 1.82) is 0 Å². The fraction of sp³-hybridized carbons (Fsp3) is 0.569. The van der Waals surface area contributed by atoms with Crippen molar-refractivity contribution in [2.24, 2.45) is 23.7 Å². The molecule has 85 heavy (non-hydrogen) atoms. The SMILES string of the molecule is C.O=C1NS(=O)(=O)[C@@H]2CCCN(C2)C(=O)CC[C@@H]2CC[C@H]2CN2C[C@@]3(CCCc4cc(Cl)ccc43)COc3ccc1cc32.O=C1NS(=O)(=O)[C@H]2CCCN(C2)C(=O)CC[C@@H]2CC[C@H]2CN2C[C@@]3(CCCc4cc(Cl)ccc43)COc3ccc1cc32. The van der Waals surface area contributed by atoms with Crippen LogP contribution < -0.4 is 28.7 Å². The highest BCUT2D eigenvalue weighted by molar-refractivity contribution is 7.91. The van der Waals surface area contributed by atoms with Gasteiger partial charge in [-0.2, -0.15) is 0 Å². The average Bonchev–Trinajstić information content (AvgIpc) is 2.01. The number of carbonyl (C=O) groups is 4. The number of piperidine rings is 2. The van der Waals surface area contributed by atoms with Crippen LogP contribution in [-0.4, -0.2) is 126 Å². The van der Waals surface area contributed by atoms with Crippen LogP contribution in [0.3, 0.4) is 0 Å². The van der Waals surface area contributed by atoms with Gasteiger partial charge in [-0.15, -0.1) is 0 Å². The molecular formula is C65H80Cl2N6O10S2. The molecule has 8 atom stereocenters. The Morgan fingerprint density at radius 3 is 1.31 bits per heavy atom. The van der Waals surface area contributed by atoms with Gasteiger partial charge in [-0.05, 0) is 209 Å². The number of nitrogens with zero attached hydrogens (tertiary/aromatic N) is 4. The Hall–Kier alpha value is -5.56. The molecule has 2 spiro atoms. The Morgan fingerprint density at radius 1 is 0.471 bits per heavy atom. The maximum atomic E-state index is 13.4. The average molecular weight is 1240 g/mol. The van der Waals surface area contributed by atoms with Crippen molar-refractivity contribution in [1.82, 2.24) is 19.2 Å². The smallest absolute Gasteiger partial charge is 0.264 e. The summed E-state index contributed by atoms with van der Waals surface area (Å²) in [7, 11) is -7.92. The number of anilines is 2. The van der Waals surface area contributed by atoms with Crippen molar-refractivity contribution in [2.45, 2.75) is 144 Å². The van der Waals surface area contributed by atoms with Crippen LogP contribution in [-0.2, 0) is 53.3 Å². The molecule has 8 bridgehead atoms. The minimum atomic E-state index is -3.96. The van der Waals surface area contributed by atoms with E-state index >= 15 is 0 Å². The summed E-state index contributed by atoms with van der Waals surface area (Å²) < 4.78 is 71.0. The topological polar surface area (TPSA) is 192 Å². The monoisotopic (exact) mass is 1240 g/mol. The first-order chi connectivity index (χ1) is 40.4. The lowest BCUT2D eigenvalue weighted by atomic mass is 9.69. The third-order valence-corrected chi connectivity index (χ3v) is 24.9. The molecule has 4 amide bonds. The number of ether oxygens (including phenoxy) is 2. The summed E-state index contributed by atoms with van der Waals surface area (Å²) in [5.74, 6) is 1.93. The zero-order chi connectivity index (χ0) is 58.1. The second-order valence-corrected chi connectivity index (χ2v) is 30.8. The van der Waals surface area contributed by atoms with E-state index in [9.17, 15) is 36.0 Å². The van der Waals surface area contributed by atoms with E-state index < -0.39 is 42.4 Å². The molecule has 2 saturated carbocycles. The number of benzene rings is 4. The van der Waals surface area contributed by atoms with Crippen LogP contribution in [0.1, 0.15) is 153 Å². The Kier molecular flexibility index (Phi) is 16.8. The normalized spacial score (nSPS) is 30.4. The van der Waals surface area contributed by atoms with Crippen LogP contribution in [0.4, 0.5) is 11.4 Å². The van der Waals surface area contributed by atoms with Gasteiger partial charge in [0, 0.05) is 97.2 Å². The molecule has 0 unspecified atom stereocenters. The Morgan fingerprint density at radius 2 is 0.894 bits per heavy atom. The molecule has 16 nitrogen and oxygen atoms in total. The van der Waals surface area contributed by atoms with Crippen molar-refractivity contribution < 1.29 is 45.5 Å². The van der Waals surface area contributed by atoms with Gasteiger partial charge in [0.2, 0.25) is 31.9 Å². The molecule has 14 rings (SSSR count). The van der Waals surface area contributed by atoms with E-state index in [0.29, 0.717) is 111 Å². The van der Waals surface area contributed by atoms with Gasteiger partial charge in [-0.3, -0.25) is 19.2 Å². The molecular weight excluding hydrogens is 1160 g/mol. The van der Waals surface area contributed by atoms with Crippen LogP contribution >= 0.6 is 23.2 Å². The van der Waals surface area contributed by atoms with Crippen LogP contribution in [0.25, 0.3) is 0 Å². The van der Waals surface area contributed by atoms with Crippen LogP contribution in [0.15, 0.2) is 72.8 Å². The van der Waals surface area contributed by atoms with Crippen molar-refractivity contribution in [3.05, 3.63) is 116 Å². The van der Waals surface area contributed by atoms with E-state index in [1.165, 1.54) is 22.3 Å². The molecule has 4 aromatic carbocycles. The van der Waals surface area contributed by atoms with E-state index in [4.69, 9.17) is 32.7 Å². The van der Waals surface area contributed by atoms with Gasteiger partial charge in [0.05, 0.1) is 35.1 Å². The third kappa shape index (κ3) is 11.9. The number of hydrogen-bond donors (Lipinski definition) is 2. The summed E-state index contributed by atoms with van der Waals surface area (Å²) in [4.78, 5) is 61.3. The molecule has 0 aromatic heterocycles. The lowest BCUT2D eigenvalue weighted by Crippen LogP contribution is -2.50. The lowest BCUT2D eigenvalue weighted by Gasteiger charge is -2.45. The maximum absolute atomic E-state index is 13.4. The van der Waals surface area contributed by atoms with Gasteiger partial charge in [-0.25, -0.2) is 26.3 Å². The molecule has 20 heteroatoms. The van der Waals surface area contributed by atoms with E-state index in [2.05, 4.69) is 43.5 Å². The maximum Gasteiger partial charge on any atom is 0.264 e. The van der Waals surface area contributed by atoms with Gasteiger partial charge < -0.3 is 29.1 Å². The number of fused-ring (bicyclic) bond motifs is 12. The van der Waals surface area contributed by atoms with Crippen LogP contribution in [0.5, 0.6) is 11.5 Å². The molecule has 2 N–H and O–H groups in total. The van der Waals surface area contributed by atoms with Crippen molar-refractivity contribution in [3.8, 4) is 11.5 Å². The van der Waals surface area contributed by atoms with E-state index in [1.54, 1.807) is 34.1 Å². The molecule has 10 aliphatic rings. The summed E-state index contributed by atoms with van der Waals surface area (Å²) in [6.45, 7) is 5.51. The standard InChI is InChI=1S/2C32H38ClN3O5S.CH4/c2*33-25-9-10-27-22(15-25)3-1-13-32(27)19-36-17-24-6-5-21(24)8-12-30(37)35-14-2-4-26(18-35)42(39,40)34-31(38)23-7-11-29(41-20-32)28(36)16-23;/h2*7,9-11,15-16,21,24,26H,1-6,8,12-14,17-20H2,(H,34,38);1H4/t21-,24-,26+,32-;21-,24-,26-,32-;/m00./s1. The molecule has 4 fully saturated rings. The van der Waals surface area contributed by atoms with E-state index in [-0.39, 0.29) is 43.2 Å². The van der Waals surface area contributed by atoms with Gasteiger partial charge >= 0.3 is 0 Å². The van der Waals surface area contributed by atoms with Gasteiger partial charge in [-0.1, -0.05) is 42.8 Å². The highest BCUT2D eigenvalue weighted by atomic mass is 35.5. The van der Waals surface area contributed by atoms with Gasteiger partial charge in [0.1, 0.15) is 11.5 Å². The van der Waals surface area contributed by atoms with Gasteiger partial charge in [0.25, 0.3) is 11.8 Å². The molecule has 456 valence electrons. The largest absolute Gasteiger partial charge is 0.490 e. The predicted molar refractivity (Wildman–Crippen MR) is 330 cm³/mol. The molecule has 2 saturated heterocycles. The van der Waals surface area contributed by atoms with Crippen molar-refractivity contribution in [2.75, 3.05) is 75.4 Å². The summed E-state index contributed by atoms with van der Waals surface area (Å²) in [6.07, 6.45) is 15.0. The Labute approximate surface area is 511 Å². The van der Waals surface area contributed by atoms with Crippen molar-refractivity contribution >= 4 is 78.3 Å². The third-order valence-electron chi connectivity index (χ3n) is 20.9. The van der Waals surface area contributed by atoms with E-state index in [1.807, 2.05) is 24.3 Å². The van der Waals surface area contributed by atoms with Gasteiger partial charge in [0.15, 0.2) is 0 Å². The Balaban J connectivity index is 0.000000165. The number of rotatable bonds is 0. The number of carbonyl (C=O) groups excluding carboxylic acids is 4. The van der Waals surface area contributed by atoms with Crippen LogP contribution in [0, 0.1) is 23.7 Å². The molecule has 6 aliphatic heterocycles. The molecule has 4 aliphatic carbocycles. The summed E-state index contributed by atoms with van der Waals surface area (Å²) in [5, 5.41) is -0.120. The summed E-state index contributed by atoms with van der Waals surface area (Å²) in [5.41, 5.74) is 6.86. The quantitative estimate of drug-likeness (QED) is 0.170. The summed E-state index contributed by atoms with van der Waals surface area (Å²) in [6, 6.07) is 23.0. The number of nitrogens with one attached hydrogen (secondary N) is 2. The first-order valence-corrected chi connectivity index (χ1v) is 34.6. The second kappa shape index (κ2) is 23.8. The number of amides is 4. The summed E-state index contributed by atoms with van der Waals surface area (Å²) >= 11 is 12.8. The minimum absolute atomic E-state index is 0. The number of halogens is 2. The molecule has 4 aromatic rings. The van der Waals surface area contributed by atoms with Crippen molar-refractivity contribution in [3.63, 3.8) is 0 Å². The zero-order valence-corrected chi connectivity index (χ0v) is 50.8. The highest BCUT2D eigenvalue weighted by Crippen LogP contribution is 2.49. The fourth-order valence-electron chi connectivity index (χ4n) is 15.9. The fourth-order valence-corrected chi connectivity index (χ4v) is 19.1. The number of sulfonamides is 2. The minimum Gasteiger partial charge on any atom is -0.490 e. The Bertz CT molecular complexity index is 3290. The highest BCUT2D eigenvalue weighted by Gasteiger charge is 2.47. The first-order valence-electron chi connectivity index (χ1n) is 30.7. The second-order valence-electron chi connectivity index (χ2n) is 26.0. The lowest BCUT2D eigenvalue weighted by molar-refractivity contribution is -0.133. The van der Waals surface area contributed by atoms with E-state index in [0.717, 1.165) is 125 Å². The predicted octanol–water partition coefficient (Wildman–Crippen LogP) is 10.0. The number of aryl methyl sites for hydroxylation is 2. The molecule has 0 radical (unpaired) electrons. The zero-order valence-electron chi connectivity index (χ0n) is 47.6. The first kappa shape index (κ1) is 59.8. The number of hydrogen-bond acceptors (Lipinski definition) is 12.